The van der Waals surface area contributed by atoms with Crippen molar-refractivity contribution in [1.29, 1.82) is 0 Å². The first-order chi connectivity index (χ1) is 7.02. The van der Waals surface area contributed by atoms with Crippen molar-refractivity contribution < 1.29 is 13.9 Å². The minimum Gasteiger partial charge on any atom is -0.387 e. The Bertz CT molecular complexity index is 409. The van der Waals surface area contributed by atoms with Gasteiger partial charge in [-0.2, -0.15) is 0 Å². The number of fused-ring (bicyclic) bond motifs is 1. The Morgan fingerprint density at radius 2 is 2.20 bits per heavy atom. The second-order valence-electron chi connectivity index (χ2n) is 4.61. The third-order valence-electron chi connectivity index (χ3n) is 3.69. The molecule has 1 aromatic rings. The number of hydrogen-bond acceptors (Lipinski definition) is 3. The van der Waals surface area contributed by atoms with Crippen molar-refractivity contribution in [3.63, 3.8) is 0 Å². The van der Waals surface area contributed by atoms with Gasteiger partial charge in [0.15, 0.2) is 0 Å². The molecule has 4 nitrogen and oxygen atoms in total. The van der Waals surface area contributed by atoms with Gasteiger partial charge in [0.05, 0.1) is 23.3 Å². The van der Waals surface area contributed by atoms with Crippen LogP contribution in [0.15, 0.2) is 6.20 Å². The van der Waals surface area contributed by atoms with Gasteiger partial charge in [0.1, 0.15) is 5.69 Å². The van der Waals surface area contributed by atoms with Gasteiger partial charge in [-0.05, 0) is 19.8 Å². The molecule has 0 amide bonds. The molecule has 1 aromatic heterocycles. The lowest BCUT2D eigenvalue weighted by atomic mass is 10.2. The normalized spacial score (nSPS) is 39.0. The molecule has 3 rings (SSSR count). The van der Waals surface area contributed by atoms with Crippen molar-refractivity contribution in [3.05, 3.63) is 11.9 Å². The van der Waals surface area contributed by atoms with Crippen LogP contribution in [0.1, 0.15) is 31.6 Å². The van der Waals surface area contributed by atoms with Gasteiger partial charge in [0.2, 0.25) is 6.43 Å². The number of nitrogens with zero attached hydrogens (tertiary/aromatic N) is 3. The third kappa shape index (κ3) is 0.928. The molecule has 2 aliphatic rings. The van der Waals surface area contributed by atoms with Crippen LogP contribution in [0.25, 0.3) is 0 Å². The third-order valence-corrected chi connectivity index (χ3v) is 3.69. The van der Waals surface area contributed by atoms with Crippen LogP contribution in [0.3, 0.4) is 0 Å². The Balaban J connectivity index is 1.86. The van der Waals surface area contributed by atoms with Crippen LogP contribution in [-0.2, 0) is 5.54 Å². The Hall–Kier alpha value is -1.04. The Kier molecular flexibility index (Phi) is 1.46. The maximum Gasteiger partial charge on any atom is 0.246 e. The van der Waals surface area contributed by atoms with Crippen LogP contribution in [0.5, 0.6) is 0 Å². The van der Waals surface area contributed by atoms with Crippen LogP contribution in [-0.4, -0.2) is 26.5 Å². The molecular formula is C9H11F2N3O. The smallest absolute Gasteiger partial charge is 0.246 e. The average Bonchev–Trinajstić information content (AvgIpc) is 2.86. The van der Waals surface area contributed by atoms with E-state index in [1.165, 1.54) is 4.68 Å². The minimum atomic E-state index is -2.28. The summed E-state index contributed by atoms with van der Waals surface area (Å²) in [6.45, 7) is 1.58. The first-order valence-electron chi connectivity index (χ1n) is 4.91. The van der Waals surface area contributed by atoms with E-state index in [9.17, 15) is 13.9 Å². The number of halogens is 2. The number of aliphatic hydroxyl groups is 1. The van der Waals surface area contributed by atoms with Gasteiger partial charge in [-0.15, -0.1) is 5.10 Å². The molecule has 1 N–H and O–H groups in total. The first-order valence-corrected chi connectivity index (χ1v) is 4.91. The van der Waals surface area contributed by atoms with E-state index in [4.69, 9.17) is 0 Å². The van der Waals surface area contributed by atoms with Crippen molar-refractivity contribution >= 4 is 0 Å². The fourth-order valence-corrected chi connectivity index (χ4v) is 2.33. The van der Waals surface area contributed by atoms with Gasteiger partial charge in [0.25, 0.3) is 0 Å². The molecule has 1 unspecified atom stereocenters. The predicted octanol–water partition coefficient (Wildman–Crippen LogP) is 1.09. The summed E-state index contributed by atoms with van der Waals surface area (Å²) in [4.78, 5) is 0. The highest BCUT2D eigenvalue weighted by molar-refractivity contribution is 5.35. The molecular weight excluding hydrogens is 204 g/mol. The van der Waals surface area contributed by atoms with Crippen LogP contribution in [0, 0.1) is 5.41 Å². The summed E-state index contributed by atoms with van der Waals surface area (Å²) >= 11 is 0. The Morgan fingerprint density at radius 3 is 2.60 bits per heavy atom. The van der Waals surface area contributed by atoms with Gasteiger partial charge < -0.3 is 5.11 Å². The van der Waals surface area contributed by atoms with Crippen molar-refractivity contribution in [2.45, 2.75) is 37.8 Å². The second kappa shape index (κ2) is 2.37. The summed E-state index contributed by atoms with van der Waals surface area (Å²) in [5.74, 6) is 0. The Morgan fingerprint density at radius 1 is 1.53 bits per heavy atom. The maximum absolute atomic E-state index is 12.6. The van der Waals surface area contributed by atoms with E-state index in [-0.39, 0.29) is 0 Å². The highest BCUT2D eigenvalue weighted by Crippen LogP contribution is 2.85. The number of hydrogen-bond donors (Lipinski definition) is 1. The lowest BCUT2D eigenvalue weighted by Crippen LogP contribution is -2.08. The minimum absolute atomic E-state index is 0.436. The fourth-order valence-electron chi connectivity index (χ4n) is 2.33. The SMILES string of the molecule is CC(O)c1cn(C23CC2(C(F)F)C3)nn1. The lowest BCUT2D eigenvalue weighted by Gasteiger charge is -2.00. The molecule has 6 heteroatoms. The van der Waals surface area contributed by atoms with E-state index in [1.807, 2.05) is 0 Å². The lowest BCUT2D eigenvalue weighted by molar-refractivity contribution is 0.0919. The van der Waals surface area contributed by atoms with Gasteiger partial charge in [0, 0.05) is 0 Å². The zero-order chi connectivity index (χ0) is 10.8. The van der Waals surface area contributed by atoms with Gasteiger partial charge in [-0.3, -0.25) is 0 Å². The molecule has 1 atom stereocenters. The summed E-state index contributed by atoms with van der Waals surface area (Å²) < 4.78 is 26.8. The molecule has 0 aromatic carbocycles. The topological polar surface area (TPSA) is 50.9 Å². The van der Waals surface area contributed by atoms with Crippen molar-refractivity contribution in [1.82, 2.24) is 15.0 Å². The number of aliphatic hydroxyl groups excluding tert-OH is 1. The highest BCUT2D eigenvalue weighted by atomic mass is 19.3. The zero-order valence-corrected chi connectivity index (χ0v) is 8.19. The summed E-state index contributed by atoms with van der Waals surface area (Å²) in [7, 11) is 0. The van der Waals surface area contributed by atoms with Crippen molar-refractivity contribution in [2.24, 2.45) is 5.41 Å². The molecule has 0 spiro atoms. The van der Waals surface area contributed by atoms with E-state index in [0.717, 1.165) is 0 Å². The van der Waals surface area contributed by atoms with Crippen LogP contribution >= 0.6 is 0 Å². The predicted molar refractivity (Wildman–Crippen MR) is 46.3 cm³/mol. The summed E-state index contributed by atoms with van der Waals surface area (Å²) in [6, 6.07) is 0. The maximum atomic E-state index is 12.6. The molecule has 0 aliphatic heterocycles. The van der Waals surface area contributed by atoms with Crippen molar-refractivity contribution in [3.8, 4) is 0 Å². The van der Waals surface area contributed by atoms with Gasteiger partial charge >= 0.3 is 0 Å². The molecule has 0 bridgehead atoms. The van der Waals surface area contributed by atoms with Gasteiger partial charge in [-0.25, -0.2) is 13.5 Å². The largest absolute Gasteiger partial charge is 0.387 e. The fraction of sp³-hybridized carbons (Fsp3) is 0.778. The van der Waals surface area contributed by atoms with Crippen LogP contribution in [0.4, 0.5) is 8.78 Å². The average molecular weight is 215 g/mol. The summed E-state index contributed by atoms with van der Waals surface area (Å²) in [5.41, 5.74) is -0.885. The molecule has 2 saturated carbocycles. The highest BCUT2D eigenvalue weighted by Gasteiger charge is 2.89. The van der Waals surface area contributed by atoms with Crippen LogP contribution < -0.4 is 0 Å². The summed E-state index contributed by atoms with van der Waals surface area (Å²) in [6.07, 6.45) is -0.437. The zero-order valence-electron chi connectivity index (χ0n) is 8.19. The van der Waals surface area contributed by atoms with Gasteiger partial charge in [-0.1, -0.05) is 5.21 Å². The summed E-state index contributed by atoms with van der Waals surface area (Å²) in [5, 5.41) is 16.8. The number of aromatic nitrogens is 3. The van der Waals surface area contributed by atoms with Crippen LogP contribution in [0.2, 0.25) is 0 Å². The van der Waals surface area contributed by atoms with E-state index in [0.29, 0.717) is 18.5 Å². The monoisotopic (exact) mass is 215 g/mol. The molecule has 15 heavy (non-hydrogen) atoms. The molecule has 2 aliphatic carbocycles. The molecule has 2 fully saturated rings. The molecule has 0 saturated heterocycles. The first kappa shape index (κ1) is 9.21. The van der Waals surface area contributed by atoms with E-state index >= 15 is 0 Å². The van der Waals surface area contributed by atoms with E-state index in [1.54, 1.807) is 13.1 Å². The van der Waals surface area contributed by atoms with E-state index < -0.39 is 23.5 Å². The molecule has 0 radical (unpaired) electrons. The number of rotatable bonds is 3. The number of alkyl halides is 2. The Labute approximate surface area is 84.9 Å². The van der Waals surface area contributed by atoms with E-state index in [2.05, 4.69) is 10.3 Å². The molecule has 1 heterocycles. The molecule has 82 valence electrons. The quantitative estimate of drug-likeness (QED) is 0.821. The van der Waals surface area contributed by atoms with Crippen molar-refractivity contribution in [2.75, 3.05) is 0 Å². The standard InChI is InChI=1S/C9H11F2N3O/c1-5(15)6-2-14(13-12-6)9-3-8(9,4-9)7(10)11/h2,5,7,15H,3-4H2,1H3. The second-order valence-corrected chi connectivity index (χ2v) is 4.61.